The summed E-state index contributed by atoms with van der Waals surface area (Å²) in [6.45, 7) is 5.09. The molecule has 3 rings (SSSR count). The lowest BCUT2D eigenvalue weighted by Gasteiger charge is -2.28. The van der Waals surface area contributed by atoms with Crippen LogP contribution in [0.2, 0.25) is 0 Å². The predicted octanol–water partition coefficient (Wildman–Crippen LogP) is 2.86. The molecule has 2 aromatic rings. The zero-order chi connectivity index (χ0) is 16.2. The van der Waals surface area contributed by atoms with Crippen LogP contribution >= 0.6 is 12.4 Å². The summed E-state index contributed by atoms with van der Waals surface area (Å²) in [6.07, 6.45) is 7.28. The van der Waals surface area contributed by atoms with Gasteiger partial charge in [0.15, 0.2) is 0 Å². The SMILES string of the molecule is CC(NC(=O)[C@H]1CCN[C@@H](C)C1)c1cccc(-n2ccnc2)c1.Cl. The van der Waals surface area contributed by atoms with Crippen LogP contribution in [0.1, 0.15) is 38.3 Å². The molecule has 2 heterocycles. The molecule has 6 heteroatoms. The van der Waals surface area contributed by atoms with Crippen molar-refractivity contribution in [1.29, 1.82) is 0 Å². The number of nitrogens with one attached hydrogen (secondary N) is 2. The van der Waals surface area contributed by atoms with Crippen molar-refractivity contribution in [2.75, 3.05) is 6.54 Å². The van der Waals surface area contributed by atoms with E-state index in [0.717, 1.165) is 30.6 Å². The van der Waals surface area contributed by atoms with Gasteiger partial charge in [-0.3, -0.25) is 4.79 Å². The minimum Gasteiger partial charge on any atom is -0.349 e. The number of aromatic nitrogens is 2. The first-order chi connectivity index (χ1) is 11.1. The van der Waals surface area contributed by atoms with E-state index in [9.17, 15) is 4.79 Å². The van der Waals surface area contributed by atoms with Gasteiger partial charge in [0.05, 0.1) is 12.4 Å². The number of halogens is 1. The van der Waals surface area contributed by atoms with Crippen molar-refractivity contribution in [2.24, 2.45) is 5.92 Å². The lowest BCUT2D eigenvalue weighted by atomic mass is 9.92. The quantitative estimate of drug-likeness (QED) is 0.893. The van der Waals surface area contributed by atoms with Gasteiger partial charge in [0.25, 0.3) is 0 Å². The summed E-state index contributed by atoms with van der Waals surface area (Å²) in [7, 11) is 0. The highest BCUT2D eigenvalue weighted by molar-refractivity contribution is 5.85. The third kappa shape index (κ3) is 4.36. The normalized spacial score (nSPS) is 21.6. The predicted molar refractivity (Wildman–Crippen MR) is 97.6 cm³/mol. The minimum atomic E-state index is -0.00355. The number of hydrogen-bond donors (Lipinski definition) is 2. The first kappa shape index (κ1) is 18.5. The number of carbonyl (C=O) groups is 1. The molecule has 1 aliphatic heterocycles. The molecule has 0 radical (unpaired) electrons. The molecule has 3 atom stereocenters. The molecule has 1 fully saturated rings. The van der Waals surface area contributed by atoms with Crippen LogP contribution in [0.15, 0.2) is 43.0 Å². The Labute approximate surface area is 149 Å². The van der Waals surface area contributed by atoms with Crippen molar-refractivity contribution < 1.29 is 4.79 Å². The van der Waals surface area contributed by atoms with Gasteiger partial charge >= 0.3 is 0 Å². The molecule has 0 bridgehead atoms. The topological polar surface area (TPSA) is 59.0 Å². The zero-order valence-electron chi connectivity index (χ0n) is 14.1. The van der Waals surface area contributed by atoms with Crippen LogP contribution in [-0.4, -0.2) is 28.0 Å². The molecule has 1 aromatic heterocycles. The largest absolute Gasteiger partial charge is 0.349 e. The Morgan fingerprint density at radius 2 is 2.29 bits per heavy atom. The molecule has 1 amide bonds. The van der Waals surface area contributed by atoms with Gasteiger partial charge in [-0.2, -0.15) is 0 Å². The van der Waals surface area contributed by atoms with E-state index in [1.807, 2.05) is 29.8 Å². The van der Waals surface area contributed by atoms with Crippen LogP contribution in [0.4, 0.5) is 0 Å². The number of rotatable bonds is 4. The van der Waals surface area contributed by atoms with Gasteiger partial charge in [-0.1, -0.05) is 12.1 Å². The number of amides is 1. The van der Waals surface area contributed by atoms with E-state index in [1.165, 1.54) is 0 Å². The van der Waals surface area contributed by atoms with E-state index < -0.39 is 0 Å². The van der Waals surface area contributed by atoms with Gasteiger partial charge in [-0.05, 0) is 50.9 Å². The van der Waals surface area contributed by atoms with Gasteiger partial charge in [0.2, 0.25) is 5.91 Å². The summed E-state index contributed by atoms with van der Waals surface area (Å²) < 4.78 is 1.96. The van der Waals surface area contributed by atoms with E-state index in [-0.39, 0.29) is 30.3 Å². The van der Waals surface area contributed by atoms with Crippen molar-refractivity contribution in [3.8, 4) is 5.69 Å². The van der Waals surface area contributed by atoms with E-state index in [0.29, 0.717) is 6.04 Å². The smallest absolute Gasteiger partial charge is 0.223 e. The lowest BCUT2D eigenvalue weighted by molar-refractivity contribution is -0.126. The van der Waals surface area contributed by atoms with Crippen molar-refractivity contribution in [2.45, 2.75) is 38.8 Å². The molecule has 5 nitrogen and oxygen atoms in total. The lowest BCUT2D eigenvalue weighted by Crippen LogP contribution is -2.42. The highest BCUT2D eigenvalue weighted by Crippen LogP contribution is 2.20. The highest BCUT2D eigenvalue weighted by atomic mass is 35.5. The van der Waals surface area contributed by atoms with E-state index in [4.69, 9.17) is 0 Å². The standard InChI is InChI=1S/C18H24N4O.ClH/c1-13-10-16(6-7-20-13)18(23)21-14(2)15-4-3-5-17(11-15)22-9-8-19-12-22;/h3-5,8-9,11-14,16,20H,6-7,10H2,1-2H3,(H,21,23);1H/t13-,14?,16-;/m0./s1. The second-order valence-electron chi connectivity index (χ2n) is 6.37. The Morgan fingerprint density at radius 3 is 3.00 bits per heavy atom. The first-order valence-corrected chi connectivity index (χ1v) is 8.25. The maximum absolute atomic E-state index is 12.5. The van der Waals surface area contributed by atoms with Gasteiger partial charge < -0.3 is 15.2 Å². The summed E-state index contributed by atoms with van der Waals surface area (Å²) in [5, 5.41) is 6.55. The van der Waals surface area contributed by atoms with E-state index in [1.54, 1.807) is 12.5 Å². The van der Waals surface area contributed by atoms with E-state index >= 15 is 0 Å². The van der Waals surface area contributed by atoms with Crippen molar-refractivity contribution in [3.05, 3.63) is 48.5 Å². The van der Waals surface area contributed by atoms with E-state index in [2.05, 4.69) is 34.7 Å². The number of imidazole rings is 1. The fourth-order valence-corrected chi connectivity index (χ4v) is 3.15. The van der Waals surface area contributed by atoms with Crippen LogP contribution in [0, 0.1) is 5.92 Å². The Balaban J connectivity index is 0.00000208. The summed E-state index contributed by atoms with van der Waals surface area (Å²) in [4.78, 5) is 16.6. The Hall–Kier alpha value is -1.85. The zero-order valence-corrected chi connectivity index (χ0v) is 14.9. The molecule has 1 aromatic carbocycles. The van der Waals surface area contributed by atoms with Crippen molar-refractivity contribution in [3.63, 3.8) is 0 Å². The Kier molecular flexibility index (Phi) is 6.40. The van der Waals surface area contributed by atoms with Gasteiger partial charge in [0.1, 0.15) is 0 Å². The number of carbonyl (C=O) groups excluding carboxylic acids is 1. The second-order valence-corrected chi connectivity index (χ2v) is 6.37. The van der Waals surface area contributed by atoms with Gasteiger partial charge in [-0.25, -0.2) is 4.98 Å². The summed E-state index contributed by atoms with van der Waals surface area (Å²) in [5.41, 5.74) is 2.16. The van der Waals surface area contributed by atoms with Crippen LogP contribution in [-0.2, 0) is 4.79 Å². The van der Waals surface area contributed by atoms with Gasteiger partial charge in [-0.15, -0.1) is 12.4 Å². The Morgan fingerprint density at radius 1 is 1.46 bits per heavy atom. The molecule has 1 unspecified atom stereocenters. The number of nitrogens with zero attached hydrogens (tertiary/aromatic N) is 2. The molecule has 0 spiro atoms. The van der Waals surface area contributed by atoms with Crippen LogP contribution in [0.5, 0.6) is 0 Å². The number of benzene rings is 1. The van der Waals surface area contributed by atoms with Crippen LogP contribution in [0.3, 0.4) is 0 Å². The molecular weight excluding hydrogens is 324 g/mol. The number of hydrogen-bond acceptors (Lipinski definition) is 3. The second kappa shape index (κ2) is 8.31. The molecule has 24 heavy (non-hydrogen) atoms. The highest BCUT2D eigenvalue weighted by Gasteiger charge is 2.25. The van der Waals surface area contributed by atoms with Gasteiger partial charge in [0, 0.05) is 30.0 Å². The van der Waals surface area contributed by atoms with Crippen LogP contribution < -0.4 is 10.6 Å². The summed E-state index contributed by atoms with van der Waals surface area (Å²) >= 11 is 0. The molecular formula is C18H25ClN4O. The number of piperidine rings is 1. The summed E-state index contributed by atoms with van der Waals surface area (Å²) in [5.74, 6) is 0.282. The molecule has 1 saturated heterocycles. The monoisotopic (exact) mass is 348 g/mol. The van der Waals surface area contributed by atoms with Crippen molar-refractivity contribution >= 4 is 18.3 Å². The maximum Gasteiger partial charge on any atom is 0.223 e. The summed E-state index contributed by atoms with van der Waals surface area (Å²) in [6, 6.07) is 8.61. The maximum atomic E-state index is 12.5. The average molecular weight is 349 g/mol. The molecule has 0 aliphatic carbocycles. The first-order valence-electron chi connectivity index (χ1n) is 8.25. The fourth-order valence-electron chi connectivity index (χ4n) is 3.15. The molecule has 2 N–H and O–H groups in total. The third-order valence-electron chi connectivity index (χ3n) is 4.53. The third-order valence-corrected chi connectivity index (χ3v) is 4.53. The Bertz CT molecular complexity index is 659. The molecule has 0 saturated carbocycles. The molecule has 1 aliphatic rings. The molecule has 130 valence electrons. The minimum absolute atomic E-state index is 0. The average Bonchev–Trinajstić information content (AvgIpc) is 3.09. The van der Waals surface area contributed by atoms with Crippen LogP contribution in [0.25, 0.3) is 5.69 Å². The van der Waals surface area contributed by atoms with Crippen molar-refractivity contribution in [1.82, 2.24) is 20.2 Å². The fraction of sp³-hybridized carbons (Fsp3) is 0.444.